The summed E-state index contributed by atoms with van der Waals surface area (Å²) >= 11 is 0. The van der Waals surface area contributed by atoms with Crippen molar-refractivity contribution in [1.29, 1.82) is 0 Å². The number of aryl methyl sites for hydroxylation is 1. The van der Waals surface area contributed by atoms with Gasteiger partial charge in [0, 0.05) is 17.8 Å². The van der Waals surface area contributed by atoms with Gasteiger partial charge in [-0.2, -0.15) is 0 Å². The molecule has 1 atom stereocenters. The maximum absolute atomic E-state index is 12.3. The smallest absolute Gasteiger partial charge is 0.254 e. The Kier molecular flexibility index (Phi) is 3.33. The number of benzene rings is 1. The van der Waals surface area contributed by atoms with Crippen LogP contribution in [0, 0.1) is 6.92 Å². The standard InChI is InChI=1S/C13H18N2O2/c1-9-5-10(7-11(14)6-9)13(17)15-4-2-3-12(15)8-16/h5-7,12,16H,2-4,8,14H2,1H3/t12-/m0/s1. The van der Waals surface area contributed by atoms with Gasteiger partial charge in [-0.15, -0.1) is 0 Å². The molecule has 1 aromatic carbocycles. The average molecular weight is 234 g/mol. The van der Waals surface area contributed by atoms with Crippen LogP contribution < -0.4 is 5.73 Å². The van der Waals surface area contributed by atoms with Gasteiger partial charge in [0.15, 0.2) is 0 Å². The third-order valence-corrected chi connectivity index (χ3v) is 3.20. The molecule has 0 aliphatic carbocycles. The summed E-state index contributed by atoms with van der Waals surface area (Å²) in [4.78, 5) is 14.0. The fraction of sp³-hybridized carbons (Fsp3) is 0.462. The highest BCUT2D eigenvalue weighted by molar-refractivity contribution is 5.95. The van der Waals surface area contributed by atoms with E-state index in [9.17, 15) is 9.90 Å². The van der Waals surface area contributed by atoms with Crippen LogP contribution in [0.5, 0.6) is 0 Å². The molecule has 1 aliphatic heterocycles. The van der Waals surface area contributed by atoms with Gasteiger partial charge in [-0.25, -0.2) is 0 Å². The van der Waals surface area contributed by atoms with Gasteiger partial charge in [0.05, 0.1) is 12.6 Å². The molecule has 2 rings (SSSR count). The maximum Gasteiger partial charge on any atom is 0.254 e. The van der Waals surface area contributed by atoms with E-state index in [-0.39, 0.29) is 18.6 Å². The van der Waals surface area contributed by atoms with Crippen molar-refractivity contribution in [2.45, 2.75) is 25.8 Å². The number of likely N-dealkylation sites (tertiary alicyclic amines) is 1. The van der Waals surface area contributed by atoms with Crippen LogP contribution in [-0.2, 0) is 0 Å². The molecule has 0 saturated carbocycles. The van der Waals surface area contributed by atoms with Gasteiger partial charge in [-0.1, -0.05) is 0 Å². The lowest BCUT2D eigenvalue weighted by Gasteiger charge is -2.23. The molecule has 4 nitrogen and oxygen atoms in total. The van der Waals surface area contributed by atoms with Gasteiger partial charge >= 0.3 is 0 Å². The van der Waals surface area contributed by atoms with Gasteiger partial charge in [0.2, 0.25) is 0 Å². The lowest BCUT2D eigenvalue weighted by Crippen LogP contribution is -2.37. The molecule has 0 unspecified atom stereocenters. The molecule has 0 aromatic heterocycles. The van der Waals surface area contributed by atoms with Gasteiger partial charge in [-0.3, -0.25) is 4.79 Å². The van der Waals surface area contributed by atoms with Crippen molar-refractivity contribution >= 4 is 11.6 Å². The first-order valence-electron chi connectivity index (χ1n) is 5.91. The zero-order valence-corrected chi connectivity index (χ0v) is 10.0. The van der Waals surface area contributed by atoms with Gasteiger partial charge in [0.25, 0.3) is 5.91 Å². The summed E-state index contributed by atoms with van der Waals surface area (Å²) in [6.45, 7) is 2.67. The molecular weight excluding hydrogens is 216 g/mol. The number of carbonyl (C=O) groups excluding carboxylic acids is 1. The minimum Gasteiger partial charge on any atom is -0.399 e. The third-order valence-electron chi connectivity index (χ3n) is 3.20. The summed E-state index contributed by atoms with van der Waals surface area (Å²) in [6, 6.07) is 5.34. The number of aliphatic hydroxyl groups is 1. The summed E-state index contributed by atoms with van der Waals surface area (Å²) in [5.74, 6) is -0.0306. The van der Waals surface area contributed by atoms with E-state index in [0.717, 1.165) is 24.9 Å². The number of nitrogens with two attached hydrogens (primary N) is 1. The van der Waals surface area contributed by atoms with Gasteiger partial charge in [-0.05, 0) is 43.5 Å². The van der Waals surface area contributed by atoms with E-state index in [0.29, 0.717) is 11.3 Å². The van der Waals surface area contributed by atoms with Crippen molar-refractivity contribution in [3.05, 3.63) is 29.3 Å². The Balaban J connectivity index is 2.24. The normalized spacial score (nSPS) is 19.6. The van der Waals surface area contributed by atoms with Crippen molar-refractivity contribution in [2.24, 2.45) is 0 Å². The minimum absolute atomic E-state index is 0.0306. The minimum atomic E-state index is -0.0377. The summed E-state index contributed by atoms with van der Waals surface area (Å²) in [5, 5.41) is 9.22. The van der Waals surface area contributed by atoms with E-state index in [2.05, 4.69) is 0 Å². The molecular formula is C13H18N2O2. The number of nitrogens with zero attached hydrogens (tertiary/aromatic N) is 1. The molecule has 92 valence electrons. The lowest BCUT2D eigenvalue weighted by atomic mass is 10.1. The topological polar surface area (TPSA) is 66.6 Å². The number of anilines is 1. The first-order valence-corrected chi connectivity index (χ1v) is 5.91. The largest absolute Gasteiger partial charge is 0.399 e. The van der Waals surface area contributed by atoms with Crippen molar-refractivity contribution in [3.63, 3.8) is 0 Å². The summed E-state index contributed by atoms with van der Waals surface area (Å²) in [7, 11) is 0. The Morgan fingerprint density at radius 3 is 2.94 bits per heavy atom. The van der Waals surface area contributed by atoms with Crippen LogP contribution in [0.2, 0.25) is 0 Å². The average Bonchev–Trinajstić information content (AvgIpc) is 2.74. The summed E-state index contributed by atoms with van der Waals surface area (Å²) in [6.07, 6.45) is 1.84. The summed E-state index contributed by atoms with van der Waals surface area (Å²) in [5.41, 5.74) is 7.94. The lowest BCUT2D eigenvalue weighted by molar-refractivity contribution is 0.0677. The van der Waals surface area contributed by atoms with Crippen molar-refractivity contribution in [2.75, 3.05) is 18.9 Å². The first-order chi connectivity index (χ1) is 8.11. The second-order valence-corrected chi connectivity index (χ2v) is 4.61. The van der Waals surface area contributed by atoms with E-state index < -0.39 is 0 Å². The van der Waals surface area contributed by atoms with Crippen LogP contribution in [0.4, 0.5) is 5.69 Å². The van der Waals surface area contributed by atoms with Crippen LogP contribution in [0.3, 0.4) is 0 Å². The molecule has 0 spiro atoms. The SMILES string of the molecule is Cc1cc(N)cc(C(=O)N2CCC[C@H]2CO)c1. The van der Waals surface area contributed by atoms with Crippen molar-refractivity contribution in [3.8, 4) is 0 Å². The number of hydrogen-bond acceptors (Lipinski definition) is 3. The molecule has 4 heteroatoms. The predicted molar refractivity (Wildman–Crippen MR) is 66.7 cm³/mol. The van der Waals surface area contributed by atoms with Crippen LogP contribution >= 0.6 is 0 Å². The number of amides is 1. The van der Waals surface area contributed by atoms with Crippen LogP contribution in [-0.4, -0.2) is 35.1 Å². The van der Waals surface area contributed by atoms with Crippen LogP contribution in [0.15, 0.2) is 18.2 Å². The second-order valence-electron chi connectivity index (χ2n) is 4.61. The van der Waals surface area contributed by atoms with Crippen molar-refractivity contribution in [1.82, 2.24) is 4.90 Å². The van der Waals surface area contributed by atoms with Gasteiger partial charge in [0.1, 0.15) is 0 Å². The highest BCUT2D eigenvalue weighted by Crippen LogP contribution is 2.21. The zero-order valence-electron chi connectivity index (χ0n) is 10.0. The highest BCUT2D eigenvalue weighted by Gasteiger charge is 2.28. The Morgan fingerprint density at radius 2 is 2.29 bits per heavy atom. The zero-order chi connectivity index (χ0) is 12.4. The molecule has 1 aliphatic rings. The highest BCUT2D eigenvalue weighted by atomic mass is 16.3. The van der Waals surface area contributed by atoms with E-state index in [1.807, 2.05) is 19.1 Å². The quantitative estimate of drug-likeness (QED) is 0.755. The Hall–Kier alpha value is -1.55. The number of hydrogen-bond donors (Lipinski definition) is 2. The Bertz CT molecular complexity index is 411. The van der Waals surface area contributed by atoms with Gasteiger partial charge < -0.3 is 15.7 Å². The maximum atomic E-state index is 12.3. The van der Waals surface area contributed by atoms with E-state index in [1.165, 1.54) is 0 Å². The molecule has 0 radical (unpaired) electrons. The Morgan fingerprint density at radius 1 is 1.53 bits per heavy atom. The van der Waals surface area contributed by atoms with E-state index in [4.69, 9.17) is 5.73 Å². The Labute approximate surface area is 101 Å². The molecule has 3 N–H and O–H groups in total. The summed E-state index contributed by atoms with van der Waals surface area (Å²) < 4.78 is 0. The number of carbonyl (C=O) groups is 1. The van der Waals surface area contributed by atoms with Crippen molar-refractivity contribution < 1.29 is 9.90 Å². The monoisotopic (exact) mass is 234 g/mol. The molecule has 1 saturated heterocycles. The fourth-order valence-corrected chi connectivity index (χ4v) is 2.39. The second kappa shape index (κ2) is 4.75. The predicted octanol–water partition coefficient (Wildman–Crippen LogP) is 1.17. The van der Waals surface area contributed by atoms with Crippen LogP contribution in [0.25, 0.3) is 0 Å². The van der Waals surface area contributed by atoms with Crippen LogP contribution in [0.1, 0.15) is 28.8 Å². The molecule has 17 heavy (non-hydrogen) atoms. The van der Waals surface area contributed by atoms with E-state index in [1.54, 1.807) is 11.0 Å². The third kappa shape index (κ3) is 2.42. The van der Waals surface area contributed by atoms with E-state index >= 15 is 0 Å². The molecule has 1 heterocycles. The number of rotatable bonds is 2. The number of aliphatic hydroxyl groups excluding tert-OH is 1. The molecule has 1 aromatic rings. The number of nitrogen functional groups attached to an aromatic ring is 1. The molecule has 1 fully saturated rings. The molecule has 0 bridgehead atoms. The fourth-order valence-electron chi connectivity index (χ4n) is 2.39. The first kappa shape index (κ1) is 11.9. The molecule has 1 amide bonds.